The molecule has 1 aromatic carbocycles. The SMILES string of the molecule is CS(=O)(=O)c1ccc(NCCNC(=O)/C=C/c2cccs2)c([N+](=O)[O-])c1. The molecule has 0 spiro atoms. The smallest absolute Gasteiger partial charge is 0.293 e. The van der Waals surface area contributed by atoms with Gasteiger partial charge in [-0.2, -0.15) is 0 Å². The van der Waals surface area contributed by atoms with Crippen molar-refractivity contribution >= 4 is 44.5 Å². The van der Waals surface area contributed by atoms with Crippen LogP contribution < -0.4 is 10.6 Å². The molecule has 1 heterocycles. The summed E-state index contributed by atoms with van der Waals surface area (Å²) in [6.07, 6.45) is 4.09. The van der Waals surface area contributed by atoms with E-state index in [1.165, 1.54) is 29.5 Å². The van der Waals surface area contributed by atoms with E-state index in [-0.39, 0.29) is 35.3 Å². The molecule has 0 unspecified atom stereocenters. The van der Waals surface area contributed by atoms with E-state index >= 15 is 0 Å². The van der Waals surface area contributed by atoms with E-state index in [0.717, 1.165) is 17.2 Å². The van der Waals surface area contributed by atoms with Crippen LogP contribution in [0.2, 0.25) is 0 Å². The number of sulfone groups is 1. The van der Waals surface area contributed by atoms with Gasteiger partial charge in [0.2, 0.25) is 5.91 Å². The zero-order valence-electron chi connectivity index (χ0n) is 13.8. The lowest BCUT2D eigenvalue weighted by Crippen LogP contribution is -2.27. The quantitative estimate of drug-likeness (QED) is 0.306. The van der Waals surface area contributed by atoms with Gasteiger partial charge in [-0.25, -0.2) is 8.42 Å². The average molecular weight is 395 g/mol. The van der Waals surface area contributed by atoms with Crippen LogP contribution in [0.3, 0.4) is 0 Å². The Labute approximate surface area is 154 Å². The second-order valence-electron chi connectivity index (χ2n) is 5.27. The van der Waals surface area contributed by atoms with Crippen LogP contribution in [-0.4, -0.2) is 38.6 Å². The molecule has 1 aromatic heterocycles. The van der Waals surface area contributed by atoms with Gasteiger partial charge in [-0.1, -0.05) is 6.07 Å². The summed E-state index contributed by atoms with van der Waals surface area (Å²) in [7, 11) is -3.53. The van der Waals surface area contributed by atoms with Gasteiger partial charge in [0.15, 0.2) is 9.84 Å². The number of nitrogens with zero attached hydrogens (tertiary/aromatic N) is 1. The first-order chi connectivity index (χ1) is 12.3. The number of carbonyl (C=O) groups excluding carboxylic acids is 1. The largest absolute Gasteiger partial charge is 0.378 e. The summed E-state index contributed by atoms with van der Waals surface area (Å²) in [4.78, 5) is 23.0. The number of nitro groups is 1. The molecule has 2 N–H and O–H groups in total. The van der Waals surface area contributed by atoms with Gasteiger partial charge in [0.05, 0.1) is 9.82 Å². The van der Waals surface area contributed by atoms with Crippen molar-refractivity contribution in [2.24, 2.45) is 0 Å². The molecular weight excluding hydrogens is 378 g/mol. The van der Waals surface area contributed by atoms with Gasteiger partial charge in [0, 0.05) is 36.4 Å². The molecule has 10 heteroatoms. The minimum Gasteiger partial charge on any atom is -0.378 e. The second kappa shape index (κ2) is 8.59. The highest BCUT2D eigenvalue weighted by molar-refractivity contribution is 7.90. The molecule has 26 heavy (non-hydrogen) atoms. The molecule has 0 aliphatic rings. The Hall–Kier alpha value is -2.72. The molecule has 2 rings (SSSR count). The van der Waals surface area contributed by atoms with E-state index in [2.05, 4.69) is 10.6 Å². The molecule has 8 nitrogen and oxygen atoms in total. The number of nitrogens with one attached hydrogen (secondary N) is 2. The zero-order valence-corrected chi connectivity index (χ0v) is 15.5. The van der Waals surface area contributed by atoms with Crippen LogP contribution in [0.15, 0.2) is 46.7 Å². The fraction of sp³-hybridized carbons (Fsp3) is 0.188. The first-order valence-corrected chi connectivity index (χ1v) is 10.3. The summed E-state index contributed by atoms with van der Waals surface area (Å²) < 4.78 is 23.0. The van der Waals surface area contributed by atoms with Crippen LogP contribution in [0.5, 0.6) is 0 Å². The first kappa shape index (κ1) is 19.6. The average Bonchev–Trinajstić information content (AvgIpc) is 3.09. The van der Waals surface area contributed by atoms with E-state index in [0.29, 0.717) is 0 Å². The van der Waals surface area contributed by atoms with Crippen LogP contribution in [-0.2, 0) is 14.6 Å². The Morgan fingerprint density at radius 3 is 2.69 bits per heavy atom. The Balaban J connectivity index is 1.91. The van der Waals surface area contributed by atoms with Crippen molar-refractivity contribution in [2.75, 3.05) is 24.7 Å². The fourth-order valence-electron chi connectivity index (χ4n) is 2.03. The lowest BCUT2D eigenvalue weighted by Gasteiger charge is -2.08. The first-order valence-electron chi connectivity index (χ1n) is 7.49. The maximum Gasteiger partial charge on any atom is 0.293 e. The van der Waals surface area contributed by atoms with Crippen molar-refractivity contribution in [3.05, 3.63) is 56.8 Å². The summed E-state index contributed by atoms with van der Waals surface area (Å²) in [5.41, 5.74) is -0.150. The van der Waals surface area contributed by atoms with Crippen molar-refractivity contribution < 1.29 is 18.1 Å². The Bertz CT molecular complexity index is 921. The van der Waals surface area contributed by atoms with Crippen molar-refractivity contribution in [3.63, 3.8) is 0 Å². The van der Waals surface area contributed by atoms with E-state index in [1.807, 2.05) is 17.5 Å². The normalized spacial score (nSPS) is 11.4. The maximum absolute atomic E-state index is 11.7. The monoisotopic (exact) mass is 395 g/mol. The minimum atomic E-state index is -3.53. The number of carbonyl (C=O) groups is 1. The van der Waals surface area contributed by atoms with Crippen LogP contribution in [0.25, 0.3) is 6.08 Å². The van der Waals surface area contributed by atoms with Gasteiger partial charge >= 0.3 is 0 Å². The molecule has 2 aromatic rings. The molecule has 0 saturated carbocycles. The molecule has 0 aliphatic carbocycles. The molecule has 0 radical (unpaired) electrons. The summed E-state index contributed by atoms with van der Waals surface area (Å²) >= 11 is 1.51. The van der Waals surface area contributed by atoms with E-state index < -0.39 is 14.8 Å². The van der Waals surface area contributed by atoms with E-state index in [9.17, 15) is 23.3 Å². The highest BCUT2D eigenvalue weighted by atomic mass is 32.2. The van der Waals surface area contributed by atoms with Gasteiger partial charge in [-0.3, -0.25) is 14.9 Å². The molecule has 0 aliphatic heterocycles. The molecule has 0 bridgehead atoms. The molecule has 1 amide bonds. The summed E-state index contributed by atoms with van der Waals surface area (Å²) in [5, 5.41) is 18.5. The molecule has 138 valence electrons. The summed E-state index contributed by atoms with van der Waals surface area (Å²) in [6, 6.07) is 7.42. The van der Waals surface area contributed by atoms with E-state index in [4.69, 9.17) is 0 Å². The number of benzene rings is 1. The summed E-state index contributed by atoms with van der Waals surface area (Å²) in [5.74, 6) is -0.276. The fourth-order valence-corrected chi connectivity index (χ4v) is 3.29. The Morgan fingerprint density at radius 2 is 2.08 bits per heavy atom. The van der Waals surface area contributed by atoms with Crippen molar-refractivity contribution in [2.45, 2.75) is 4.90 Å². The third kappa shape index (κ3) is 5.67. The summed E-state index contributed by atoms with van der Waals surface area (Å²) in [6.45, 7) is 0.496. The Morgan fingerprint density at radius 1 is 1.31 bits per heavy atom. The third-order valence-electron chi connectivity index (χ3n) is 3.28. The van der Waals surface area contributed by atoms with Crippen LogP contribution in [0.4, 0.5) is 11.4 Å². The number of nitro benzene ring substituents is 1. The highest BCUT2D eigenvalue weighted by Crippen LogP contribution is 2.27. The maximum atomic E-state index is 11.7. The second-order valence-corrected chi connectivity index (χ2v) is 8.27. The Kier molecular flexibility index (Phi) is 6.47. The third-order valence-corrected chi connectivity index (χ3v) is 5.22. The van der Waals surface area contributed by atoms with Crippen molar-refractivity contribution in [1.82, 2.24) is 5.32 Å². The lowest BCUT2D eigenvalue weighted by atomic mass is 10.2. The van der Waals surface area contributed by atoms with Crippen LogP contribution in [0, 0.1) is 10.1 Å². The van der Waals surface area contributed by atoms with Gasteiger partial charge in [-0.05, 0) is 29.7 Å². The molecule has 0 saturated heterocycles. The highest BCUT2D eigenvalue weighted by Gasteiger charge is 2.18. The van der Waals surface area contributed by atoms with Gasteiger partial charge in [-0.15, -0.1) is 11.3 Å². The number of anilines is 1. The van der Waals surface area contributed by atoms with Gasteiger partial charge in [0.1, 0.15) is 5.69 Å². The lowest BCUT2D eigenvalue weighted by molar-refractivity contribution is -0.384. The van der Waals surface area contributed by atoms with Gasteiger partial charge < -0.3 is 10.6 Å². The predicted molar refractivity (Wildman–Crippen MR) is 101 cm³/mol. The number of amides is 1. The van der Waals surface area contributed by atoms with Crippen LogP contribution >= 0.6 is 11.3 Å². The standard InChI is InChI=1S/C16H17N3O5S2/c1-26(23,24)13-5-6-14(15(11-13)19(21)22)17-8-9-18-16(20)7-4-12-3-2-10-25-12/h2-7,10-11,17H,8-9H2,1H3,(H,18,20)/b7-4+. The number of rotatable bonds is 8. The molecule has 0 atom stereocenters. The van der Waals surface area contributed by atoms with Crippen molar-refractivity contribution in [3.8, 4) is 0 Å². The van der Waals surface area contributed by atoms with Crippen LogP contribution in [0.1, 0.15) is 4.88 Å². The molecule has 0 fully saturated rings. The zero-order chi connectivity index (χ0) is 19.2. The number of hydrogen-bond acceptors (Lipinski definition) is 7. The van der Waals surface area contributed by atoms with Crippen molar-refractivity contribution in [1.29, 1.82) is 0 Å². The predicted octanol–water partition coefficient (Wildman–Crippen LogP) is 2.30. The minimum absolute atomic E-state index is 0.123. The van der Waals surface area contributed by atoms with Gasteiger partial charge in [0.25, 0.3) is 5.69 Å². The number of thiophene rings is 1. The van der Waals surface area contributed by atoms with E-state index in [1.54, 1.807) is 6.08 Å². The topological polar surface area (TPSA) is 118 Å². The number of hydrogen-bond donors (Lipinski definition) is 2. The molecular formula is C16H17N3O5S2.